The van der Waals surface area contributed by atoms with E-state index >= 15 is 0 Å². The van der Waals surface area contributed by atoms with Gasteiger partial charge in [0.25, 0.3) is 0 Å². The van der Waals surface area contributed by atoms with Gasteiger partial charge in [0.1, 0.15) is 0 Å². The molecular weight excluding hydrogens is 258 g/mol. The van der Waals surface area contributed by atoms with Crippen molar-refractivity contribution in [1.29, 1.82) is 0 Å². The van der Waals surface area contributed by atoms with Gasteiger partial charge in [-0.3, -0.25) is 0 Å². The smallest absolute Gasteiger partial charge is 0.336 e. The minimum atomic E-state index is -0.929. The van der Waals surface area contributed by atoms with Crippen LogP contribution in [-0.4, -0.2) is 25.8 Å². The summed E-state index contributed by atoms with van der Waals surface area (Å²) >= 11 is 0. The summed E-state index contributed by atoms with van der Waals surface area (Å²) in [6.45, 7) is 2.40. The molecule has 1 aromatic carbocycles. The zero-order valence-electron chi connectivity index (χ0n) is 10.9. The lowest BCUT2D eigenvalue weighted by Gasteiger charge is -2.02. The minimum absolute atomic E-state index is 0.295. The van der Waals surface area contributed by atoms with E-state index in [4.69, 9.17) is 9.63 Å². The summed E-state index contributed by atoms with van der Waals surface area (Å²) < 4.78 is 6.98. The maximum absolute atomic E-state index is 11.2. The predicted molar refractivity (Wildman–Crippen MR) is 71.7 cm³/mol. The second-order valence-electron chi connectivity index (χ2n) is 4.45. The highest BCUT2D eigenvalue weighted by Gasteiger charge is 2.12. The monoisotopic (exact) mass is 271 g/mol. The Morgan fingerprint density at radius 2 is 2.25 bits per heavy atom. The van der Waals surface area contributed by atoms with Gasteiger partial charge in [-0.1, -0.05) is 18.1 Å². The Kier molecular flexibility index (Phi) is 2.98. The Bertz CT molecular complexity index is 773. The topological polar surface area (TPSA) is 81.2 Å². The summed E-state index contributed by atoms with van der Waals surface area (Å²) in [5, 5.41) is 13.8. The number of aryl methyl sites for hydroxylation is 1. The minimum Gasteiger partial charge on any atom is -0.478 e. The highest BCUT2D eigenvalue weighted by molar-refractivity contribution is 6.02. The van der Waals surface area contributed by atoms with E-state index < -0.39 is 5.97 Å². The molecule has 6 heteroatoms. The molecule has 0 bridgehead atoms. The number of carboxylic acids is 1. The van der Waals surface area contributed by atoms with Crippen LogP contribution in [0.25, 0.3) is 10.9 Å². The fraction of sp³-hybridized carbons (Fsp3) is 0.214. The van der Waals surface area contributed by atoms with Crippen LogP contribution in [0.15, 0.2) is 35.0 Å². The normalized spacial score (nSPS) is 11.1. The molecule has 20 heavy (non-hydrogen) atoms. The van der Waals surface area contributed by atoms with Gasteiger partial charge in [-0.2, -0.15) is 4.98 Å². The van der Waals surface area contributed by atoms with E-state index in [1.165, 1.54) is 0 Å². The van der Waals surface area contributed by atoms with Gasteiger partial charge in [-0.05, 0) is 18.2 Å². The van der Waals surface area contributed by atoms with Crippen molar-refractivity contribution in [2.24, 2.45) is 0 Å². The first-order valence-electron chi connectivity index (χ1n) is 6.31. The molecule has 0 atom stereocenters. The number of fused-ring (bicyclic) bond motifs is 1. The van der Waals surface area contributed by atoms with E-state index in [9.17, 15) is 4.79 Å². The molecule has 0 saturated heterocycles. The molecule has 0 radical (unpaired) electrons. The summed E-state index contributed by atoms with van der Waals surface area (Å²) in [6, 6.07) is 7.00. The first-order chi connectivity index (χ1) is 9.69. The van der Waals surface area contributed by atoms with E-state index in [-0.39, 0.29) is 0 Å². The van der Waals surface area contributed by atoms with Crippen molar-refractivity contribution in [2.75, 3.05) is 0 Å². The molecule has 0 aliphatic heterocycles. The van der Waals surface area contributed by atoms with Gasteiger partial charge in [0.05, 0.1) is 12.1 Å². The molecule has 3 aromatic rings. The number of benzene rings is 1. The SMILES string of the molecule is CCc1nc(Cn2ccc3c(C(=O)O)cccc32)no1. The number of hydrogen-bond acceptors (Lipinski definition) is 4. The zero-order chi connectivity index (χ0) is 14.1. The first-order valence-corrected chi connectivity index (χ1v) is 6.31. The molecule has 3 rings (SSSR count). The van der Waals surface area contributed by atoms with E-state index in [0.717, 1.165) is 5.52 Å². The standard InChI is InChI=1S/C14H13N3O3/c1-2-13-15-12(16-20-13)8-17-7-6-9-10(14(18)19)4-3-5-11(9)17/h3-7H,2,8H2,1H3,(H,18,19). The molecule has 1 N–H and O–H groups in total. The van der Waals surface area contributed by atoms with Crippen LogP contribution in [-0.2, 0) is 13.0 Å². The lowest BCUT2D eigenvalue weighted by atomic mass is 10.1. The summed E-state index contributed by atoms with van der Waals surface area (Å²) in [6.07, 6.45) is 2.53. The Morgan fingerprint density at radius 1 is 1.40 bits per heavy atom. The van der Waals surface area contributed by atoms with Crippen LogP contribution in [0, 0.1) is 0 Å². The van der Waals surface area contributed by atoms with Gasteiger partial charge in [-0.15, -0.1) is 0 Å². The number of nitrogens with zero attached hydrogens (tertiary/aromatic N) is 3. The predicted octanol–water partition coefficient (Wildman–Crippen LogP) is 2.33. The summed E-state index contributed by atoms with van der Waals surface area (Å²) in [7, 11) is 0. The van der Waals surface area contributed by atoms with Crippen molar-refractivity contribution in [3.05, 3.63) is 47.7 Å². The van der Waals surface area contributed by atoms with Crippen LogP contribution in [0.3, 0.4) is 0 Å². The van der Waals surface area contributed by atoms with Gasteiger partial charge >= 0.3 is 5.97 Å². The van der Waals surface area contributed by atoms with Crippen LogP contribution in [0.5, 0.6) is 0 Å². The molecule has 102 valence electrons. The van der Waals surface area contributed by atoms with Gasteiger partial charge in [0.15, 0.2) is 5.82 Å². The molecule has 0 amide bonds. The maximum atomic E-state index is 11.2. The second-order valence-corrected chi connectivity index (χ2v) is 4.45. The third-order valence-electron chi connectivity index (χ3n) is 3.17. The highest BCUT2D eigenvalue weighted by atomic mass is 16.5. The average Bonchev–Trinajstić information content (AvgIpc) is 3.06. The molecule has 0 aliphatic rings. The molecule has 0 saturated carbocycles. The van der Waals surface area contributed by atoms with E-state index in [1.807, 2.05) is 23.8 Å². The second kappa shape index (κ2) is 4.80. The van der Waals surface area contributed by atoms with Crippen molar-refractivity contribution < 1.29 is 14.4 Å². The van der Waals surface area contributed by atoms with Crippen LogP contribution < -0.4 is 0 Å². The summed E-state index contributed by atoms with van der Waals surface area (Å²) in [5.41, 5.74) is 1.14. The van der Waals surface area contributed by atoms with E-state index in [2.05, 4.69) is 10.1 Å². The Morgan fingerprint density at radius 3 is 2.95 bits per heavy atom. The zero-order valence-corrected chi connectivity index (χ0v) is 10.9. The molecule has 2 aromatic heterocycles. The van der Waals surface area contributed by atoms with E-state index in [1.54, 1.807) is 18.2 Å². The van der Waals surface area contributed by atoms with Crippen molar-refractivity contribution in [3.63, 3.8) is 0 Å². The maximum Gasteiger partial charge on any atom is 0.336 e. The molecule has 0 aliphatic carbocycles. The fourth-order valence-electron chi connectivity index (χ4n) is 2.20. The van der Waals surface area contributed by atoms with Crippen LogP contribution in [0.1, 0.15) is 29.0 Å². The Hall–Kier alpha value is -2.63. The number of aromatic carboxylic acids is 1. The van der Waals surface area contributed by atoms with Crippen LogP contribution in [0.4, 0.5) is 0 Å². The quantitative estimate of drug-likeness (QED) is 0.787. The number of carbonyl (C=O) groups is 1. The number of rotatable bonds is 4. The van der Waals surface area contributed by atoms with Crippen LogP contribution >= 0.6 is 0 Å². The lowest BCUT2D eigenvalue weighted by Crippen LogP contribution is -2.01. The third-order valence-corrected chi connectivity index (χ3v) is 3.17. The summed E-state index contributed by atoms with van der Waals surface area (Å²) in [5.74, 6) is 0.254. The first kappa shape index (κ1) is 12.4. The number of hydrogen-bond donors (Lipinski definition) is 1. The van der Waals surface area contributed by atoms with Gasteiger partial charge in [0, 0.05) is 23.5 Å². The molecule has 6 nitrogen and oxygen atoms in total. The molecule has 2 heterocycles. The average molecular weight is 271 g/mol. The number of aromatic nitrogens is 3. The van der Waals surface area contributed by atoms with Crippen molar-refractivity contribution in [2.45, 2.75) is 19.9 Å². The number of carboxylic acid groups (broad SMARTS) is 1. The molecule has 0 fully saturated rings. The summed E-state index contributed by atoms with van der Waals surface area (Å²) in [4.78, 5) is 15.4. The van der Waals surface area contributed by atoms with Crippen LogP contribution in [0.2, 0.25) is 0 Å². The Balaban J connectivity index is 2.00. The van der Waals surface area contributed by atoms with Gasteiger partial charge in [-0.25, -0.2) is 4.79 Å². The van der Waals surface area contributed by atoms with Crippen molar-refractivity contribution in [1.82, 2.24) is 14.7 Å². The molecule has 0 spiro atoms. The largest absolute Gasteiger partial charge is 0.478 e. The van der Waals surface area contributed by atoms with Crippen molar-refractivity contribution >= 4 is 16.9 Å². The van der Waals surface area contributed by atoms with E-state index in [0.29, 0.717) is 35.6 Å². The van der Waals surface area contributed by atoms with Gasteiger partial charge in [0.2, 0.25) is 5.89 Å². The highest BCUT2D eigenvalue weighted by Crippen LogP contribution is 2.21. The van der Waals surface area contributed by atoms with Gasteiger partial charge < -0.3 is 14.2 Å². The fourth-order valence-corrected chi connectivity index (χ4v) is 2.20. The lowest BCUT2D eigenvalue weighted by molar-refractivity contribution is 0.0699. The molecular formula is C14H13N3O3. The molecule has 0 unspecified atom stereocenters. The Labute approximate surface area is 114 Å². The third kappa shape index (κ3) is 2.05. The van der Waals surface area contributed by atoms with Crippen molar-refractivity contribution in [3.8, 4) is 0 Å².